The standard InChI is InChI=1S/C15H16N2O4S2/c1-21-12-5-3-6-13(9-12)22-10-15(18)17-11-4-2-7-14(8-11)23(16,19)20/h2-9H,10H2,1H3,(H,17,18)(H2,16,19,20). The van der Waals surface area contributed by atoms with Crippen molar-refractivity contribution < 1.29 is 17.9 Å². The lowest BCUT2D eigenvalue weighted by molar-refractivity contribution is -0.113. The number of rotatable bonds is 6. The Hall–Kier alpha value is -2.03. The van der Waals surface area contributed by atoms with Gasteiger partial charge >= 0.3 is 0 Å². The van der Waals surface area contributed by atoms with Gasteiger partial charge in [0.25, 0.3) is 0 Å². The van der Waals surface area contributed by atoms with Crippen molar-refractivity contribution in [3.63, 3.8) is 0 Å². The van der Waals surface area contributed by atoms with Crippen LogP contribution in [0.2, 0.25) is 0 Å². The largest absolute Gasteiger partial charge is 0.497 e. The van der Waals surface area contributed by atoms with E-state index in [-0.39, 0.29) is 16.6 Å². The van der Waals surface area contributed by atoms with Crippen LogP contribution in [0.25, 0.3) is 0 Å². The predicted octanol–water partition coefficient (Wildman–Crippen LogP) is 2.07. The summed E-state index contributed by atoms with van der Waals surface area (Å²) in [7, 11) is -2.22. The van der Waals surface area contributed by atoms with E-state index < -0.39 is 10.0 Å². The lowest BCUT2D eigenvalue weighted by Gasteiger charge is -2.07. The highest BCUT2D eigenvalue weighted by Gasteiger charge is 2.10. The van der Waals surface area contributed by atoms with Gasteiger partial charge in [-0.1, -0.05) is 12.1 Å². The highest BCUT2D eigenvalue weighted by molar-refractivity contribution is 8.00. The van der Waals surface area contributed by atoms with Crippen LogP contribution in [-0.2, 0) is 14.8 Å². The first-order chi connectivity index (χ1) is 10.9. The van der Waals surface area contributed by atoms with E-state index in [1.807, 2.05) is 24.3 Å². The molecule has 0 bridgehead atoms. The Morgan fingerprint density at radius 3 is 2.65 bits per heavy atom. The van der Waals surface area contributed by atoms with Gasteiger partial charge in [-0.3, -0.25) is 4.79 Å². The summed E-state index contributed by atoms with van der Waals surface area (Å²) < 4.78 is 27.7. The van der Waals surface area contributed by atoms with Crippen molar-refractivity contribution >= 4 is 33.4 Å². The van der Waals surface area contributed by atoms with Gasteiger partial charge in [-0.05, 0) is 36.4 Å². The van der Waals surface area contributed by atoms with Crippen LogP contribution < -0.4 is 15.2 Å². The van der Waals surface area contributed by atoms with Crippen LogP contribution >= 0.6 is 11.8 Å². The number of hydrogen-bond donors (Lipinski definition) is 2. The Kier molecular flexibility index (Phi) is 5.64. The molecule has 0 aliphatic heterocycles. The van der Waals surface area contributed by atoms with Crippen LogP contribution in [0.3, 0.4) is 0 Å². The van der Waals surface area contributed by atoms with Gasteiger partial charge < -0.3 is 10.1 Å². The molecule has 0 spiro atoms. The first-order valence-corrected chi connectivity index (χ1v) is 9.11. The number of carbonyl (C=O) groups excluding carboxylic acids is 1. The van der Waals surface area contributed by atoms with E-state index in [0.29, 0.717) is 5.69 Å². The first kappa shape index (κ1) is 17.3. The number of hydrogen-bond acceptors (Lipinski definition) is 5. The van der Waals surface area contributed by atoms with Crippen LogP contribution in [0.5, 0.6) is 5.75 Å². The molecule has 0 unspecified atom stereocenters. The molecule has 122 valence electrons. The summed E-state index contributed by atoms with van der Waals surface area (Å²) in [5.74, 6) is 0.660. The third-order valence-electron chi connectivity index (χ3n) is 2.86. The van der Waals surface area contributed by atoms with Gasteiger partial charge in [-0.15, -0.1) is 11.8 Å². The van der Waals surface area contributed by atoms with Gasteiger partial charge in [0.1, 0.15) is 5.75 Å². The average Bonchev–Trinajstić information content (AvgIpc) is 2.52. The number of benzene rings is 2. The molecule has 0 saturated heterocycles. The number of methoxy groups -OCH3 is 1. The van der Waals surface area contributed by atoms with Crippen molar-refractivity contribution in [3.05, 3.63) is 48.5 Å². The minimum absolute atomic E-state index is 0.0456. The van der Waals surface area contributed by atoms with Crippen LogP contribution in [0.4, 0.5) is 5.69 Å². The molecule has 0 atom stereocenters. The minimum Gasteiger partial charge on any atom is -0.497 e. The first-order valence-electron chi connectivity index (χ1n) is 6.58. The summed E-state index contributed by atoms with van der Waals surface area (Å²) in [5.41, 5.74) is 0.382. The number of primary sulfonamides is 1. The molecule has 0 fully saturated rings. The Balaban J connectivity index is 1.97. The maximum atomic E-state index is 12.0. The number of nitrogens with two attached hydrogens (primary N) is 1. The van der Waals surface area contributed by atoms with E-state index >= 15 is 0 Å². The minimum atomic E-state index is -3.79. The van der Waals surface area contributed by atoms with Crippen molar-refractivity contribution in [2.75, 3.05) is 18.2 Å². The van der Waals surface area contributed by atoms with E-state index in [2.05, 4.69) is 5.32 Å². The van der Waals surface area contributed by atoms with Gasteiger partial charge in [0, 0.05) is 10.6 Å². The van der Waals surface area contributed by atoms with E-state index in [1.54, 1.807) is 13.2 Å². The Bertz CT molecular complexity index is 807. The smallest absolute Gasteiger partial charge is 0.238 e. The summed E-state index contributed by atoms with van der Waals surface area (Å²) in [6, 6.07) is 13.2. The summed E-state index contributed by atoms with van der Waals surface area (Å²) in [6.45, 7) is 0. The second-order valence-electron chi connectivity index (χ2n) is 4.59. The van der Waals surface area contributed by atoms with Gasteiger partial charge in [0.2, 0.25) is 15.9 Å². The topological polar surface area (TPSA) is 98.5 Å². The number of sulfonamides is 1. The van der Waals surface area contributed by atoms with Crippen molar-refractivity contribution in [3.8, 4) is 5.75 Å². The average molecular weight is 352 g/mol. The zero-order valence-corrected chi connectivity index (χ0v) is 14.0. The number of thioether (sulfide) groups is 1. The zero-order valence-electron chi connectivity index (χ0n) is 12.4. The number of amides is 1. The molecule has 0 aliphatic carbocycles. The van der Waals surface area contributed by atoms with Crippen LogP contribution in [0.1, 0.15) is 0 Å². The van der Waals surface area contributed by atoms with Gasteiger partial charge in [0.05, 0.1) is 17.8 Å². The summed E-state index contributed by atoms with van der Waals surface area (Å²) in [4.78, 5) is 12.8. The Labute approximate surface area is 139 Å². The van der Waals surface area contributed by atoms with E-state index in [0.717, 1.165) is 10.6 Å². The van der Waals surface area contributed by atoms with Crippen molar-refractivity contribution in [1.29, 1.82) is 0 Å². The second-order valence-corrected chi connectivity index (χ2v) is 7.20. The maximum absolute atomic E-state index is 12.0. The molecule has 2 rings (SSSR count). The SMILES string of the molecule is COc1cccc(SCC(=O)Nc2cccc(S(N)(=O)=O)c2)c1. The predicted molar refractivity (Wildman–Crippen MR) is 90.2 cm³/mol. The molecule has 6 nitrogen and oxygen atoms in total. The van der Waals surface area contributed by atoms with E-state index in [1.165, 1.54) is 30.0 Å². The van der Waals surface area contributed by atoms with Crippen molar-refractivity contribution in [2.45, 2.75) is 9.79 Å². The van der Waals surface area contributed by atoms with Crippen LogP contribution in [0, 0.1) is 0 Å². The normalized spacial score (nSPS) is 11.0. The highest BCUT2D eigenvalue weighted by atomic mass is 32.2. The third kappa shape index (κ3) is 5.27. The zero-order chi connectivity index (χ0) is 16.9. The highest BCUT2D eigenvalue weighted by Crippen LogP contribution is 2.23. The molecule has 23 heavy (non-hydrogen) atoms. The monoisotopic (exact) mass is 352 g/mol. The third-order valence-corrected chi connectivity index (χ3v) is 4.76. The molecule has 0 heterocycles. The second kappa shape index (κ2) is 7.49. The molecule has 0 aliphatic rings. The lowest BCUT2D eigenvalue weighted by Crippen LogP contribution is -2.16. The van der Waals surface area contributed by atoms with Gasteiger partial charge in [-0.2, -0.15) is 0 Å². The number of anilines is 1. The molecule has 0 saturated carbocycles. The Morgan fingerprint density at radius 1 is 1.22 bits per heavy atom. The molecule has 3 N–H and O–H groups in total. The van der Waals surface area contributed by atoms with E-state index in [9.17, 15) is 13.2 Å². The fourth-order valence-electron chi connectivity index (χ4n) is 1.79. The van der Waals surface area contributed by atoms with Crippen LogP contribution in [-0.4, -0.2) is 27.2 Å². The van der Waals surface area contributed by atoms with E-state index in [4.69, 9.17) is 9.88 Å². The molecule has 2 aromatic rings. The summed E-state index contributed by atoms with van der Waals surface area (Å²) in [6.07, 6.45) is 0. The number of carbonyl (C=O) groups is 1. The molecule has 0 radical (unpaired) electrons. The van der Waals surface area contributed by atoms with Crippen LogP contribution in [0.15, 0.2) is 58.3 Å². The molecule has 2 aromatic carbocycles. The summed E-state index contributed by atoms with van der Waals surface area (Å²) >= 11 is 1.35. The van der Waals surface area contributed by atoms with Gasteiger partial charge in [0.15, 0.2) is 0 Å². The fourth-order valence-corrected chi connectivity index (χ4v) is 3.09. The molecular formula is C15H16N2O4S2. The Morgan fingerprint density at radius 2 is 1.96 bits per heavy atom. The number of nitrogens with one attached hydrogen (secondary N) is 1. The number of ether oxygens (including phenoxy) is 1. The molecule has 0 aromatic heterocycles. The molecule has 1 amide bonds. The summed E-state index contributed by atoms with van der Waals surface area (Å²) in [5, 5.41) is 7.70. The van der Waals surface area contributed by atoms with Crippen molar-refractivity contribution in [2.24, 2.45) is 5.14 Å². The van der Waals surface area contributed by atoms with Gasteiger partial charge in [-0.25, -0.2) is 13.6 Å². The van der Waals surface area contributed by atoms with Crippen molar-refractivity contribution in [1.82, 2.24) is 0 Å². The lowest BCUT2D eigenvalue weighted by atomic mass is 10.3. The fraction of sp³-hybridized carbons (Fsp3) is 0.133. The molecule has 8 heteroatoms. The quantitative estimate of drug-likeness (QED) is 0.776. The molecular weight excluding hydrogens is 336 g/mol. The maximum Gasteiger partial charge on any atom is 0.238 e.